The van der Waals surface area contributed by atoms with E-state index in [4.69, 9.17) is 4.74 Å². The number of nitrogens with one attached hydrogen (secondary N) is 1. The number of carbonyl (C=O) groups excluding carboxylic acids is 2. The third kappa shape index (κ3) is 4.42. The highest BCUT2D eigenvalue weighted by molar-refractivity contribution is 5.95. The average Bonchev–Trinajstić information content (AvgIpc) is 3.02. The van der Waals surface area contributed by atoms with Gasteiger partial charge in [0.1, 0.15) is 5.75 Å². The molecule has 1 N–H and O–H groups in total. The van der Waals surface area contributed by atoms with Crippen LogP contribution in [0.4, 0.5) is 11.4 Å². The molecular weight excluding hydrogens is 328 g/mol. The molecular formula is C21H24N2O3. The molecule has 3 rings (SSSR count). The number of rotatable bonds is 6. The van der Waals surface area contributed by atoms with Gasteiger partial charge >= 0.3 is 0 Å². The van der Waals surface area contributed by atoms with E-state index >= 15 is 0 Å². The maximum absolute atomic E-state index is 12.1. The fraction of sp³-hybridized carbons (Fsp3) is 0.333. The van der Waals surface area contributed by atoms with Crippen LogP contribution in [0.1, 0.15) is 30.9 Å². The highest BCUT2D eigenvalue weighted by Gasteiger charge is 2.22. The van der Waals surface area contributed by atoms with Crippen LogP contribution in [0.25, 0.3) is 0 Å². The summed E-state index contributed by atoms with van der Waals surface area (Å²) < 4.78 is 5.66. The van der Waals surface area contributed by atoms with Gasteiger partial charge in [-0.1, -0.05) is 12.1 Å². The van der Waals surface area contributed by atoms with Crippen molar-refractivity contribution in [3.8, 4) is 5.75 Å². The Bertz CT molecular complexity index is 817. The number of fused-ring (bicyclic) bond motifs is 1. The molecule has 136 valence electrons. The number of benzene rings is 2. The lowest BCUT2D eigenvalue weighted by atomic mass is 10.1. The first-order chi connectivity index (χ1) is 12.5. The van der Waals surface area contributed by atoms with Crippen molar-refractivity contribution in [1.82, 2.24) is 0 Å². The first kappa shape index (κ1) is 18.0. The summed E-state index contributed by atoms with van der Waals surface area (Å²) in [6.07, 6.45) is 1.88. The summed E-state index contributed by atoms with van der Waals surface area (Å²) in [5, 5.41) is 2.93. The number of ether oxygens (including phenoxy) is 1. The summed E-state index contributed by atoms with van der Waals surface area (Å²) in [4.78, 5) is 25.5. The van der Waals surface area contributed by atoms with Gasteiger partial charge in [-0.25, -0.2) is 0 Å². The third-order valence-electron chi connectivity index (χ3n) is 4.45. The van der Waals surface area contributed by atoms with Gasteiger partial charge in [-0.2, -0.15) is 0 Å². The highest BCUT2D eigenvalue weighted by atomic mass is 16.5. The predicted octanol–water partition coefficient (Wildman–Crippen LogP) is 3.70. The van der Waals surface area contributed by atoms with E-state index in [1.807, 2.05) is 49.4 Å². The van der Waals surface area contributed by atoms with Gasteiger partial charge in [0, 0.05) is 31.3 Å². The smallest absolute Gasteiger partial charge is 0.224 e. The van der Waals surface area contributed by atoms with Crippen LogP contribution in [0.15, 0.2) is 42.5 Å². The number of nitrogens with zero attached hydrogens (tertiary/aromatic N) is 1. The van der Waals surface area contributed by atoms with E-state index in [0.717, 1.165) is 34.7 Å². The molecule has 0 aromatic heterocycles. The third-order valence-corrected chi connectivity index (χ3v) is 4.45. The van der Waals surface area contributed by atoms with Gasteiger partial charge in [-0.3, -0.25) is 9.59 Å². The second-order valence-electron chi connectivity index (χ2n) is 6.58. The number of aryl methyl sites for hydroxylation is 1. The number of amides is 2. The summed E-state index contributed by atoms with van der Waals surface area (Å²) in [6, 6.07) is 13.6. The van der Waals surface area contributed by atoms with Crippen molar-refractivity contribution in [1.29, 1.82) is 0 Å². The molecule has 0 bridgehead atoms. The summed E-state index contributed by atoms with van der Waals surface area (Å²) in [6.45, 7) is 4.81. The Hall–Kier alpha value is -2.82. The Morgan fingerprint density at radius 3 is 2.81 bits per heavy atom. The van der Waals surface area contributed by atoms with Crippen LogP contribution < -0.4 is 15.0 Å². The van der Waals surface area contributed by atoms with E-state index in [0.29, 0.717) is 26.0 Å². The zero-order valence-electron chi connectivity index (χ0n) is 15.2. The molecule has 2 aromatic carbocycles. The van der Waals surface area contributed by atoms with Crippen LogP contribution >= 0.6 is 0 Å². The molecule has 0 saturated carbocycles. The van der Waals surface area contributed by atoms with Gasteiger partial charge in [-0.15, -0.1) is 0 Å². The van der Waals surface area contributed by atoms with Crippen molar-refractivity contribution < 1.29 is 14.3 Å². The number of hydrogen-bond acceptors (Lipinski definition) is 3. The van der Waals surface area contributed by atoms with Crippen molar-refractivity contribution in [2.24, 2.45) is 0 Å². The molecule has 0 aliphatic carbocycles. The molecule has 2 aromatic rings. The van der Waals surface area contributed by atoms with Crippen molar-refractivity contribution in [3.63, 3.8) is 0 Å². The van der Waals surface area contributed by atoms with Crippen LogP contribution in [0.5, 0.6) is 5.75 Å². The van der Waals surface area contributed by atoms with E-state index in [1.165, 1.54) is 0 Å². The Balaban J connectivity index is 1.46. The Morgan fingerprint density at radius 1 is 1.19 bits per heavy atom. The predicted molar refractivity (Wildman–Crippen MR) is 103 cm³/mol. The number of carbonyl (C=O) groups is 2. The second kappa shape index (κ2) is 8.04. The highest BCUT2D eigenvalue weighted by Crippen LogP contribution is 2.30. The van der Waals surface area contributed by atoms with E-state index in [2.05, 4.69) is 5.32 Å². The largest absolute Gasteiger partial charge is 0.494 e. The molecule has 1 aliphatic heterocycles. The first-order valence-corrected chi connectivity index (χ1v) is 8.93. The number of anilines is 2. The van der Waals surface area contributed by atoms with Crippen LogP contribution in [-0.4, -0.2) is 25.0 Å². The van der Waals surface area contributed by atoms with Gasteiger partial charge in [0.05, 0.1) is 6.61 Å². The quantitative estimate of drug-likeness (QED) is 0.807. The van der Waals surface area contributed by atoms with Gasteiger partial charge in [0.15, 0.2) is 0 Å². The van der Waals surface area contributed by atoms with Crippen molar-refractivity contribution in [2.75, 3.05) is 23.4 Å². The summed E-state index contributed by atoms with van der Waals surface area (Å²) in [7, 11) is 0. The molecule has 26 heavy (non-hydrogen) atoms. The number of hydrogen-bond donors (Lipinski definition) is 1. The summed E-state index contributed by atoms with van der Waals surface area (Å²) in [5.41, 5.74) is 3.97. The fourth-order valence-corrected chi connectivity index (χ4v) is 3.16. The van der Waals surface area contributed by atoms with Crippen LogP contribution in [0, 0.1) is 6.92 Å². The molecule has 2 amide bonds. The van der Waals surface area contributed by atoms with Crippen molar-refractivity contribution in [2.45, 2.75) is 33.1 Å². The van der Waals surface area contributed by atoms with Gasteiger partial charge in [0.2, 0.25) is 11.8 Å². The van der Waals surface area contributed by atoms with E-state index in [9.17, 15) is 9.59 Å². The van der Waals surface area contributed by atoms with E-state index < -0.39 is 0 Å². The Morgan fingerprint density at radius 2 is 2.04 bits per heavy atom. The lowest BCUT2D eigenvalue weighted by Crippen LogP contribution is -2.25. The lowest BCUT2D eigenvalue weighted by molar-refractivity contribution is -0.117. The van der Waals surface area contributed by atoms with Crippen LogP contribution in [-0.2, 0) is 16.0 Å². The Labute approximate surface area is 154 Å². The van der Waals surface area contributed by atoms with Gasteiger partial charge in [-0.05, 0) is 61.2 Å². The molecule has 0 unspecified atom stereocenters. The summed E-state index contributed by atoms with van der Waals surface area (Å²) in [5.74, 6) is 0.854. The zero-order valence-corrected chi connectivity index (χ0v) is 15.2. The molecule has 5 heteroatoms. The minimum atomic E-state index is -0.0285. The van der Waals surface area contributed by atoms with Crippen molar-refractivity contribution >= 4 is 23.2 Å². The molecule has 0 saturated heterocycles. The SMILES string of the molecule is CC(=O)N1CCc2cc(NC(=O)CCCOc3cccc(C)c3)ccc21. The molecule has 0 spiro atoms. The molecule has 1 aliphatic rings. The molecule has 0 fully saturated rings. The van der Waals surface area contributed by atoms with Crippen LogP contribution in [0.2, 0.25) is 0 Å². The molecule has 5 nitrogen and oxygen atoms in total. The molecule has 0 atom stereocenters. The Kier molecular flexibility index (Phi) is 5.56. The minimum Gasteiger partial charge on any atom is -0.494 e. The topological polar surface area (TPSA) is 58.6 Å². The molecule has 1 heterocycles. The molecule has 0 radical (unpaired) electrons. The second-order valence-corrected chi connectivity index (χ2v) is 6.58. The van der Waals surface area contributed by atoms with E-state index in [1.54, 1.807) is 11.8 Å². The van der Waals surface area contributed by atoms with Crippen LogP contribution in [0.3, 0.4) is 0 Å². The maximum atomic E-state index is 12.1. The fourth-order valence-electron chi connectivity index (χ4n) is 3.16. The average molecular weight is 352 g/mol. The first-order valence-electron chi connectivity index (χ1n) is 8.93. The zero-order chi connectivity index (χ0) is 18.5. The maximum Gasteiger partial charge on any atom is 0.224 e. The minimum absolute atomic E-state index is 0.0285. The van der Waals surface area contributed by atoms with E-state index in [-0.39, 0.29) is 11.8 Å². The standard InChI is InChI=1S/C21H24N2O3/c1-15-5-3-6-19(13-15)26-12-4-7-21(25)22-18-8-9-20-17(14-18)10-11-23(20)16(2)24/h3,5-6,8-9,13-14H,4,7,10-12H2,1-2H3,(H,22,25). The van der Waals surface area contributed by atoms with Crippen molar-refractivity contribution in [3.05, 3.63) is 53.6 Å². The van der Waals surface area contributed by atoms with Gasteiger partial charge < -0.3 is 15.0 Å². The lowest BCUT2D eigenvalue weighted by Gasteiger charge is -2.15. The summed E-state index contributed by atoms with van der Waals surface area (Å²) >= 11 is 0. The normalized spacial score (nSPS) is 12.6. The monoisotopic (exact) mass is 352 g/mol. The van der Waals surface area contributed by atoms with Gasteiger partial charge in [0.25, 0.3) is 0 Å².